The fourth-order valence-corrected chi connectivity index (χ4v) is 3.34. The number of aromatic nitrogens is 4. The molecule has 0 aliphatic rings. The number of nitrogens with one attached hydrogen (secondary N) is 1. The van der Waals surface area contributed by atoms with Crippen molar-refractivity contribution in [1.29, 1.82) is 0 Å². The van der Waals surface area contributed by atoms with Gasteiger partial charge in [-0.3, -0.25) is 0 Å². The van der Waals surface area contributed by atoms with E-state index >= 15 is 0 Å². The number of rotatable bonds is 2. The van der Waals surface area contributed by atoms with Gasteiger partial charge in [0.15, 0.2) is 5.65 Å². The summed E-state index contributed by atoms with van der Waals surface area (Å²) in [6.07, 6.45) is 1.69. The van der Waals surface area contributed by atoms with Crippen LogP contribution in [0.3, 0.4) is 0 Å². The van der Waals surface area contributed by atoms with Gasteiger partial charge in [0.2, 0.25) is 0 Å². The van der Waals surface area contributed by atoms with Crippen molar-refractivity contribution in [3.8, 4) is 17.1 Å². The van der Waals surface area contributed by atoms with Crippen molar-refractivity contribution in [1.82, 2.24) is 19.5 Å². The average molecular weight is 382 g/mol. The largest absolute Gasteiger partial charge is 0.396 e. The lowest BCUT2D eigenvalue weighted by atomic mass is 10.2. The summed E-state index contributed by atoms with van der Waals surface area (Å²) in [5.74, 6) is 0.776. The van der Waals surface area contributed by atoms with Gasteiger partial charge in [-0.1, -0.05) is 18.2 Å². The third-order valence-electron chi connectivity index (χ3n) is 4.20. The lowest BCUT2D eigenvalue weighted by Crippen LogP contribution is -1.98. The number of nitrogens with zero attached hydrogens (tertiary/aromatic N) is 3. The Bertz CT molecular complexity index is 1050. The first-order valence-corrected chi connectivity index (χ1v) is 8.40. The summed E-state index contributed by atoms with van der Waals surface area (Å²) in [5, 5.41) is 0. The number of para-hydroxylation sites is 1. The molecule has 120 valence electrons. The molecular weight excluding hydrogens is 366 g/mol. The Morgan fingerprint density at radius 3 is 2.67 bits per heavy atom. The van der Waals surface area contributed by atoms with E-state index in [-0.39, 0.29) is 0 Å². The van der Waals surface area contributed by atoms with Crippen molar-refractivity contribution in [2.24, 2.45) is 0 Å². The Morgan fingerprint density at radius 1 is 1.17 bits per heavy atom. The molecule has 0 radical (unpaired) electrons. The van der Waals surface area contributed by atoms with E-state index in [1.807, 2.05) is 18.2 Å². The summed E-state index contributed by atoms with van der Waals surface area (Å²) >= 11 is 3.40. The first kappa shape index (κ1) is 15.0. The van der Waals surface area contributed by atoms with Gasteiger partial charge >= 0.3 is 0 Å². The highest BCUT2D eigenvalue weighted by Crippen LogP contribution is 2.31. The van der Waals surface area contributed by atoms with Crippen LogP contribution in [0.5, 0.6) is 0 Å². The molecule has 6 heteroatoms. The number of nitrogens with two attached hydrogens (primary N) is 1. The Labute approximate surface area is 147 Å². The van der Waals surface area contributed by atoms with E-state index in [2.05, 4.69) is 67.5 Å². The zero-order valence-corrected chi connectivity index (χ0v) is 14.9. The molecule has 0 unspecified atom stereocenters. The van der Waals surface area contributed by atoms with Crippen molar-refractivity contribution < 1.29 is 0 Å². The van der Waals surface area contributed by atoms with Crippen LogP contribution in [-0.4, -0.2) is 19.5 Å². The van der Waals surface area contributed by atoms with Crippen LogP contribution in [0.25, 0.3) is 28.2 Å². The topological polar surface area (TPSA) is 72.5 Å². The molecule has 0 amide bonds. The van der Waals surface area contributed by atoms with Crippen LogP contribution in [0, 0.1) is 13.8 Å². The van der Waals surface area contributed by atoms with Crippen LogP contribution in [0.1, 0.15) is 11.4 Å². The van der Waals surface area contributed by atoms with E-state index in [0.717, 1.165) is 32.9 Å². The van der Waals surface area contributed by atoms with Crippen molar-refractivity contribution in [2.75, 3.05) is 5.73 Å². The normalized spacial score (nSPS) is 11.3. The van der Waals surface area contributed by atoms with Crippen LogP contribution in [-0.2, 0) is 0 Å². The number of anilines is 1. The van der Waals surface area contributed by atoms with E-state index in [9.17, 15) is 0 Å². The number of aromatic amines is 1. The minimum Gasteiger partial charge on any atom is -0.396 e. The number of fused-ring (bicyclic) bond motifs is 1. The second-order valence-corrected chi connectivity index (χ2v) is 6.61. The van der Waals surface area contributed by atoms with E-state index < -0.39 is 0 Å². The molecule has 3 N–H and O–H groups in total. The number of nitrogen functional groups attached to an aromatic ring is 1. The quantitative estimate of drug-likeness (QED) is 0.541. The van der Waals surface area contributed by atoms with Gasteiger partial charge < -0.3 is 15.3 Å². The fraction of sp³-hybridized carbons (Fsp3) is 0.111. The Morgan fingerprint density at radius 2 is 1.92 bits per heavy atom. The second kappa shape index (κ2) is 5.49. The van der Waals surface area contributed by atoms with E-state index in [4.69, 9.17) is 5.73 Å². The third-order valence-corrected chi connectivity index (χ3v) is 4.84. The average Bonchev–Trinajstić information content (AvgIpc) is 3.13. The summed E-state index contributed by atoms with van der Waals surface area (Å²) in [7, 11) is 0. The summed E-state index contributed by atoms with van der Waals surface area (Å²) in [6.45, 7) is 4.19. The number of H-pyrrole nitrogens is 1. The zero-order chi connectivity index (χ0) is 16.8. The van der Waals surface area contributed by atoms with Crippen molar-refractivity contribution >= 4 is 32.8 Å². The SMILES string of the molecule is Cc1cc(-c2nc3c(N)c(Br)cnc3[nH]2)c(C)n1-c1ccccc1. The van der Waals surface area contributed by atoms with Crippen molar-refractivity contribution in [3.05, 3.63) is 58.5 Å². The molecule has 0 saturated heterocycles. The molecule has 0 atom stereocenters. The smallest absolute Gasteiger partial charge is 0.159 e. The number of hydrogen-bond acceptors (Lipinski definition) is 3. The van der Waals surface area contributed by atoms with E-state index in [0.29, 0.717) is 16.9 Å². The lowest BCUT2D eigenvalue weighted by Gasteiger charge is -2.09. The number of imidazole rings is 1. The number of aryl methyl sites for hydroxylation is 1. The summed E-state index contributed by atoms with van der Waals surface area (Å²) in [6, 6.07) is 12.4. The molecule has 4 rings (SSSR count). The van der Waals surface area contributed by atoms with Gasteiger partial charge in [-0.25, -0.2) is 9.97 Å². The van der Waals surface area contributed by atoms with Gasteiger partial charge in [-0.05, 0) is 48.0 Å². The Balaban J connectivity index is 1.91. The number of halogens is 1. The minimum absolute atomic E-state index is 0.597. The second-order valence-electron chi connectivity index (χ2n) is 5.76. The maximum Gasteiger partial charge on any atom is 0.159 e. The summed E-state index contributed by atoms with van der Waals surface area (Å²) in [5.41, 5.74) is 12.5. The van der Waals surface area contributed by atoms with Crippen molar-refractivity contribution in [3.63, 3.8) is 0 Å². The molecule has 0 spiro atoms. The van der Waals surface area contributed by atoms with Crippen molar-refractivity contribution in [2.45, 2.75) is 13.8 Å². The standard InChI is InChI=1S/C18H16BrN5/c1-10-8-13(11(2)24(10)12-6-4-3-5-7-12)17-22-16-15(20)14(19)9-21-18(16)23-17/h3-9H,1-2H3,(H3,20,21,22,23). The minimum atomic E-state index is 0.597. The first-order valence-electron chi connectivity index (χ1n) is 7.60. The van der Waals surface area contributed by atoms with E-state index in [1.165, 1.54) is 0 Å². The molecule has 3 heterocycles. The van der Waals surface area contributed by atoms with Crippen LogP contribution >= 0.6 is 15.9 Å². The van der Waals surface area contributed by atoms with Crippen LogP contribution in [0.15, 0.2) is 47.1 Å². The predicted molar refractivity (Wildman–Crippen MR) is 100 cm³/mol. The fourth-order valence-electron chi connectivity index (χ4n) is 3.05. The van der Waals surface area contributed by atoms with Gasteiger partial charge in [0.25, 0.3) is 0 Å². The molecule has 4 aromatic rings. The maximum atomic E-state index is 6.10. The number of pyridine rings is 1. The summed E-state index contributed by atoms with van der Waals surface area (Å²) in [4.78, 5) is 12.3. The van der Waals surface area contributed by atoms with Crippen LogP contribution < -0.4 is 5.73 Å². The molecule has 3 aromatic heterocycles. The Hall–Kier alpha value is -2.60. The molecule has 0 aliphatic heterocycles. The molecule has 0 aliphatic carbocycles. The van der Waals surface area contributed by atoms with Gasteiger partial charge in [0.1, 0.15) is 11.3 Å². The molecule has 0 bridgehead atoms. The monoisotopic (exact) mass is 381 g/mol. The first-order chi connectivity index (χ1) is 11.6. The molecule has 0 fully saturated rings. The predicted octanol–water partition coefficient (Wildman–Crippen LogP) is 4.38. The molecular formula is C18H16BrN5. The highest BCUT2D eigenvalue weighted by Gasteiger charge is 2.17. The molecule has 24 heavy (non-hydrogen) atoms. The summed E-state index contributed by atoms with van der Waals surface area (Å²) < 4.78 is 2.97. The maximum absolute atomic E-state index is 6.10. The number of hydrogen-bond donors (Lipinski definition) is 2. The molecule has 5 nitrogen and oxygen atoms in total. The molecule has 0 saturated carbocycles. The van der Waals surface area contributed by atoms with Gasteiger partial charge in [0.05, 0.1) is 10.2 Å². The van der Waals surface area contributed by atoms with Gasteiger partial charge in [0, 0.05) is 28.8 Å². The van der Waals surface area contributed by atoms with E-state index in [1.54, 1.807) is 6.20 Å². The van der Waals surface area contributed by atoms with Gasteiger partial charge in [-0.15, -0.1) is 0 Å². The van der Waals surface area contributed by atoms with Crippen LogP contribution in [0.2, 0.25) is 0 Å². The van der Waals surface area contributed by atoms with Gasteiger partial charge in [-0.2, -0.15) is 0 Å². The molecule has 1 aromatic carbocycles. The van der Waals surface area contributed by atoms with Crippen LogP contribution in [0.4, 0.5) is 5.69 Å². The number of benzene rings is 1. The third kappa shape index (κ3) is 2.22. The highest BCUT2D eigenvalue weighted by molar-refractivity contribution is 9.10. The lowest BCUT2D eigenvalue weighted by molar-refractivity contribution is 0.966. The highest BCUT2D eigenvalue weighted by atomic mass is 79.9. The zero-order valence-electron chi connectivity index (χ0n) is 13.3. The Kier molecular flexibility index (Phi) is 3.42.